The Balaban J connectivity index is 0. The fraction of sp³-hybridized carbons (Fsp3) is 1.00. The van der Waals surface area contributed by atoms with Crippen molar-refractivity contribution in [2.45, 2.75) is 59.3 Å². The molecule has 0 aliphatic rings. The van der Waals surface area contributed by atoms with Crippen molar-refractivity contribution in [2.24, 2.45) is 0 Å². The van der Waals surface area contributed by atoms with Gasteiger partial charge >= 0.3 is 31.2 Å². The van der Waals surface area contributed by atoms with Crippen LogP contribution in [0.2, 0.25) is 0 Å². The van der Waals surface area contributed by atoms with Crippen molar-refractivity contribution in [3.8, 4) is 0 Å². The van der Waals surface area contributed by atoms with Crippen LogP contribution in [0.3, 0.4) is 0 Å². The zero-order valence-electron chi connectivity index (χ0n) is 11.9. The van der Waals surface area contributed by atoms with Gasteiger partial charge in [0.2, 0.25) is 0 Å². The van der Waals surface area contributed by atoms with E-state index in [2.05, 4.69) is 20.8 Å². The molecule has 17 heavy (non-hydrogen) atoms. The summed E-state index contributed by atoms with van der Waals surface area (Å²) in [6.07, 6.45) is 6.59. The second-order valence-corrected chi connectivity index (χ2v) is 3.96. The fourth-order valence-corrected chi connectivity index (χ4v) is 1.12. The third kappa shape index (κ3) is 14.7. The van der Waals surface area contributed by atoms with Crippen molar-refractivity contribution in [3.63, 3.8) is 0 Å². The first-order valence-corrected chi connectivity index (χ1v) is 6.69. The first-order valence-electron chi connectivity index (χ1n) is 6.69. The van der Waals surface area contributed by atoms with Gasteiger partial charge in [-0.1, -0.05) is 40.0 Å². The van der Waals surface area contributed by atoms with Gasteiger partial charge in [0.1, 0.15) is 0 Å². The summed E-state index contributed by atoms with van der Waals surface area (Å²) in [4.78, 5) is 0. The number of hydrogen-bond acceptors (Lipinski definition) is 3. The molecule has 0 N–H and O–H groups in total. The molecule has 2 radical (unpaired) electrons. The zero-order valence-corrected chi connectivity index (χ0v) is 15.9. The van der Waals surface area contributed by atoms with E-state index in [9.17, 15) is 0 Å². The van der Waals surface area contributed by atoms with Crippen LogP contribution in [0.25, 0.3) is 0 Å². The van der Waals surface area contributed by atoms with Crippen molar-refractivity contribution >= 4 is 31.2 Å². The molecule has 0 fully saturated rings. The summed E-state index contributed by atoms with van der Waals surface area (Å²) >= 11 is 0. The van der Waals surface area contributed by atoms with Gasteiger partial charge in [-0.05, 0) is 19.3 Å². The molecule has 0 heterocycles. The van der Waals surface area contributed by atoms with Crippen LogP contribution in [-0.4, -0.2) is 51.0 Å². The molecule has 0 aromatic heterocycles. The molecular formula is C12H29BO3Sn. The molecule has 3 nitrogen and oxygen atoms in total. The van der Waals surface area contributed by atoms with Gasteiger partial charge in [-0.2, -0.15) is 0 Å². The molecule has 0 atom stereocenters. The topological polar surface area (TPSA) is 27.7 Å². The van der Waals surface area contributed by atoms with Gasteiger partial charge in [-0.3, -0.25) is 0 Å². The Bertz CT molecular complexity index is 115. The van der Waals surface area contributed by atoms with Crippen LogP contribution in [0, 0.1) is 0 Å². The quantitative estimate of drug-likeness (QED) is 0.400. The molecule has 102 valence electrons. The van der Waals surface area contributed by atoms with Gasteiger partial charge in [-0.15, -0.1) is 0 Å². The summed E-state index contributed by atoms with van der Waals surface area (Å²) in [5, 5.41) is 0. The summed E-state index contributed by atoms with van der Waals surface area (Å²) in [6, 6.07) is 0. The predicted molar refractivity (Wildman–Crippen MR) is 76.9 cm³/mol. The third-order valence-corrected chi connectivity index (χ3v) is 2.26. The Morgan fingerprint density at radius 3 is 1.18 bits per heavy atom. The molecule has 0 aromatic carbocycles. The SMILES string of the molecule is CCCCOB(OCCCC)OCCCC.[SnH2]. The standard InChI is InChI=1S/C12H27BO3.Sn.2H/c1-4-7-10-14-13(15-11-8-5-2)16-12-9-6-3;;;/h4-12H2,1-3H3;;;. The first-order chi connectivity index (χ1) is 7.85. The van der Waals surface area contributed by atoms with Crippen molar-refractivity contribution in [2.75, 3.05) is 19.8 Å². The Morgan fingerprint density at radius 2 is 0.941 bits per heavy atom. The van der Waals surface area contributed by atoms with E-state index in [0.29, 0.717) is 0 Å². The van der Waals surface area contributed by atoms with E-state index in [1.54, 1.807) is 0 Å². The van der Waals surface area contributed by atoms with Crippen LogP contribution in [0.4, 0.5) is 0 Å². The predicted octanol–water partition coefficient (Wildman–Crippen LogP) is 2.51. The van der Waals surface area contributed by atoms with Crippen LogP contribution in [0.5, 0.6) is 0 Å². The molecule has 0 bridgehead atoms. The molecule has 5 heteroatoms. The van der Waals surface area contributed by atoms with Crippen molar-refractivity contribution in [1.82, 2.24) is 0 Å². The number of hydrogen-bond donors (Lipinski definition) is 0. The average Bonchev–Trinajstić information content (AvgIpc) is 2.29. The van der Waals surface area contributed by atoms with Crippen LogP contribution in [0.1, 0.15) is 59.3 Å². The van der Waals surface area contributed by atoms with E-state index in [1.807, 2.05) is 0 Å². The van der Waals surface area contributed by atoms with E-state index >= 15 is 0 Å². The number of rotatable bonds is 12. The summed E-state index contributed by atoms with van der Waals surface area (Å²) in [7, 11) is -0.454. The maximum atomic E-state index is 5.53. The summed E-state index contributed by atoms with van der Waals surface area (Å²) in [5.41, 5.74) is 0. The Morgan fingerprint density at radius 1 is 0.647 bits per heavy atom. The Kier molecular flexibility index (Phi) is 19.8. The minimum atomic E-state index is -0.454. The molecule has 0 amide bonds. The normalized spacial score (nSPS) is 10.1. The monoisotopic (exact) mass is 352 g/mol. The molecule has 0 spiro atoms. The van der Waals surface area contributed by atoms with Crippen molar-refractivity contribution < 1.29 is 14.0 Å². The maximum absolute atomic E-state index is 5.53. The average molecular weight is 351 g/mol. The minimum absolute atomic E-state index is 0. The van der Waals surface area contributed by atoms with Crippen LogP contribution in [-0.2, 0) is 14.0 Å². The van der Waals surface area contributed by atoms with Gasteiger partial charge in [0.15, 0.2) is 0 Å². The molecule has 0 saturated carbocycles. The van der Waals surface area contributed by atoms with E-state index in [-0.39, 0.29) is 23.9 Å². The molecule has 0 rings (SSSR count). The molecular weight excluding hydrogens is 322 g/mol. The van der Waals surface area contributed by atoms with Gasteiger partial charge in [0.05, 0.1) is 0 Å². The Labute approximate surface area is 124 Å². The van der Waals surface area contributed by atoms with Crippen molar-refractivity contribution in [1.29, 1.82) is 0 Å². The van der Waals surface area contributed by atoms with Gasteiger partial charge in [0.25, 0.3) is 0 Å². The Hall–Kier alpha value is 0.744. The first kappa shape index (κ1) is 20.1. The van der Waals surface area contributed by atoms with E-state index in [1.165, 1.54) is 0 Å². The van der Waals surface area contributed by atoms with E-state index in [4.69, 9.17) is 14.0 Å². The van der Waals surface area contributed by atoms with Crippen LogP contribution >= 0.6 is 0 Å². The van der Waals surface area contributed by atoms with E-state index in [0.717, 1.165) is 58.3 Å². The van der Waals surface area contributed by atoms with Crippen LogP contribution < -0.4 is 0 Å². The van der Waals surface area contributed by atoms with E-state index < -0.39 is 7.32 Å². The van der Waals surface area contributed by atoms with Gasteiger partial charge in [-0.25, -0.2) is 0 Å². The van der Waals surface area contributed by atoms with Gasteiger partial charge in [0, 0.05) is 19.8 Å². The summed E-state index contributed by atoms with van der Waals surface area (Å²) in [6.45, 7) is 8.61. The molecule has 0 saturated heterocycles. The summed E-state index contributed by atoms with van der Waals surface area (Å²) in [5.74, 6) is 0. The third-order valence-electron chi connectivity index (χ3n) is 2.26. The molecule has 0 aliphatic carbocycles. The summed E-state index contributed by atoms with van der Waals surface area (Å²) < 4.78 is 16.6. The molecule has 0 aromatic rings. The second-order valence-electron chi connectivity index (χ2n) is 3.96. The zero-order chi connectivity index (χ0) is 12.1. The van der Waals surface area contributed by atoms with Crippen molar-refractivity contribution in [3.05, 3.63) is 0 Å². The van der Waals surface area contributed by atoms with Gasteiger partial charge < -0.3 is 14.0 Å². The molecule has 0 aliphatic heterocycles. The fourth-order valence-electron chi connectivity index (χ4n) is 1.12. The second kappa shape index (κ2) is 16.7. The molecule has 0 unspecified atom stereocenters. The van der Waals surface area contributed by atoms with Crippen LogP contribution in [0.15, 0.2) is 0 Å². The number of unbranched alkanes of at least 4 members (excludes halogenated alkanes) is 3.